The number of halogens is 1. The van der Waals surface area contributed by atoms with E-state index in [4.69, 9.17) is 20.3 Å². The first-order valence-electron chi connectivity index (χ1n) is 4.28. The second-order valence-electron chi connectivity index (χ2n) is 2.86. The molecule has 0 saturated carbocycles. The molecule has 1 aromatic heterocycles. The lowest BCUT2D eigenvalue weighted by Gasteiger charge is -2.12. The highest BCUT2D eigenvalue weighted by atomic mass is 19.1. The van der Waals surface area contributed by atoms with E-state index in [0.717, 1.165) is 0 Å². The monoisotopic (exact) mass is 216 g/mol. The third kappa shape index (κ3) is 2.34. The maximum absolute atomic E-state index is 13.6. The first-order valence-corrected chi connectivity index (χ1v) is 4.28. The molecule has 1 rings (SSSR count). The molecule has 5 nitrogen and oxygen atoms in total. The van der Waals surface area contributed by atoms with Crippen LogP contribution < -0.4 is 15.2 Å². The minimum absolute atomic E-state index is 0.0132. The van der Waals surface area contributed by atoms with Crippen LogP contribution in [-0.4, -0.2) is 30.9 Å². The lowest BCUT2D eigenvalue weighted by atomic mass is 10.2. The fraction of sp³-hybridized carbons (Fsp3) is 0.444. The molecule has 0 amide bonds. The number of hydrogen-bond donors (Lipinski definition) is 2. The van der Waals surface area contributed by atoms with Gasteiger partial charge in [-0.3, -0.25) is 0 Å². The molecule has 3 N–H and O–H groups in total. The Balaban J connectivity index is 3.23. The number of rotatable bonds is 4. The average molecular weight is 216 g/mol. The molecule has 0 bridgehead atoms. The first kappa shape index (κ1) is 11.7. The van der Waals surface area contributed by atoms with Crippen LogP contribution in [0.3, 0.4) is 0 Å². The smallest absolute Gasteiger partial charge is 0.217 e. The quantitative estimate of drug-likeness (QED) is 0.753. The van der Waals surface area contributed by atoms with Gasteiger partial charge in [0.25, 0.3) is 0 Å². The molecule has 1 aromatic rings. The molecule has 84 valence electrons. The predicted octanol–water partition coefficient (Wildman–Crippen LogP) is 0.230. The predicted molar refractivity (Wildman–Crippen MR) is 51.3 cm³/mol. The minimum atomic E-state index is -0.894. The van der Waals surface area contributed by atoms with Crippen LogP contribution in [0.1, 0.15) is 11.7 Å². The van der Waals surface area contributed by atoms with Gasteiger partial charge in [-0.25, -0.2) is 9.37 Å². The molecule has 0 aliphatic heterocycles. The number of aliphatic hydroxyl groups excluding tert-OH is 1. The lowest BCUT2D eigenvalue weighted by molar-refractivity contribution is 0.259. The molecule has 0 aliphatic carbocycles. The number of aliphatic hydroxyl groups is 1. The van der Waals surface area contributed by atoms with E-state index in [-0.39, 0.29) is 17.3 Å². The van der Waals surface area contributed by atoms with Crippen molar-refractivity contribution in [2.45, 2.75) is 6.04 Å². The number of pyridine rings is 1. The van der Waals surface area contributed by atoms with Crippen molar-refractivity contribution in [2.24, 2.45) is 5.73 Å². The SMILES string of the molecule is COc1cc(OC)c(F)c(C(N)CO)n1. The Morgan fingerprint density at radius 2 is 2.20 bits per heavy atom. The number of aromatic nitrogens is 1. The largest absolute Gasteiger partial charge is 0.493 e. The first-order chi connectivity index (χ1) is 7.13. The molecule has 1 heterocycles. The molecule has 0 radical (unpaired) electrons. The van der Waals surface area contributed by atoms with Gasteiger partial charge in [0.1, 0.15) is 5.69 Å². The number of methoxy groups -OCH3 is 2. The zero-order valence-corrected chi connectivity index (χ0v) is 8.53. The molecule has 0 spiro atoms. The van der Waals surface area contributed by atoms with Crippen LogP contribution in [0.15, 0.2) is 6.07 Å². The van der Waals surface area contributed by atoms with Gasteiger partial charge in [-0.2, -0.15) is 0 Å². The van der Waals surface area contributed by atoms with Gasteiger partial charge in [0.05, 0.1) is 26.9 Å². The van der Waals surface area contributed by atoms with Crippen molar-refractivity contribution in [3.05, 3.63) is 17.6 Å². The van der Waals surface area contributed by atoms with E-state index in [0.29, 0.717) is 0 Å². The lowest BCUT2D eigenvalue weighted by Crippen LogP contribution is -2.18. The Labute approximate surface area is 86.6 Å². The number of nitrogens with two attached hydrogens (primary N) is 1. The molecule has 1 atom stereocenters. The van der Waals surface area contributed by atoms with Gasteiger partial charge in [0, 0.05) is 6.07 Å². The Hall–Kier alpha value is -1.40. The molecular weight excluding hydrogens is 203 g/mol. The van der Waals surface area contributed by atoms with Gasteiger partial charge in [-0.05, 0) is 0 Å². The van der Waals surface area contributed by atoms with Gasteiger partial charge in [0.15, 0.2) is 11.6 Å². The summed E-state index contributed by atoms with van der Waals surface area (Å²) < 4.78 is 23.2. The van der Waals surface area contributed by atoms with E-state index < -0.39 is 18.5 Å². The van der Waals surface area contributed by atoms with Crippen LogP contribution in [-0.2, 0) is 0 Å². The van der Waals surface area contributed by atoms with Gasteiger partial charge in [-0.15, -0.1) is 0 Å². The number of nitrogens with zero attached hydrogens (tertiary/aromatic N) is 1. The van der Waals surface area contributed by atoms with E-state index in [2.05, 4.69) is 4.98 Å². The summed E-state index contributed by atoms with van der Waals surface area (Å²) >= 11 is 0. The van der Waals surface area contributed by atoms with E-state index in [9.17, 15) is 4.39 Å². The van der Waals surface area contributed by atoms with Gasteiger partial charge < -0.3 is 20.3 Å². The van der Waals surface area contributed by atoms with Crippen LogP contribution in [0.4, 0.5) is 4.39 Å². The third-order valence-corrected chi connectivity index (χ3v) is 1.90. The van der Waals surface area contributed by atoms with E-state index in [1.165, 1.54) is 20.3 Å². The van der Waals surface area contributed by atoms with Crippen molar-refractivity contribution in [1.82, 2.24) is 4.98 Å². The second kappa shape index (κ2) is 4.90. The zero-order valence-electron chi connectivity index (χ0n) is 8.53. The molecule has 6 heteroatoms. The summed E-state index contributed by atoms with van der Waals surface area (Å²) in [6.45, 7) is -0.403. The summed E-state index contributed by atoms with van der Waals surface area (Å²) in [7, 11) is 2.72. The maximum atomic E-state index is 13.6. The van der Waals surface area contributed by atoms with E-state index >= 15 is 0 Å². The Kier molecular flexibility index (Phi) is 3.81. The molecular formula is C9H13FN2O3. The Morgan fingerprint density at radius 1 is 1.53 bits per heavy atom. The molecule has 15 heavy (non-hydrogen) atoms. The maximum Gasteiger partial charge on any atom is 0.217 e. The fourth-order valence-electron chi connectivity index (χ4n) is 1.09. The van der Waals surface area contributed by atoms with E-state index in [1.807, 2.05) is 0 Å². The van der Waals surface area contributed by atoms with Crippen molar-refractivity contribution >= 4 is 0 Å². The highest BCUT2D eigenvalue weighted by Crippen LogP contribution is 2.26. The topological polar surface area (TPSA) is 77.6 Å². The third-order valence-electron chi connectivity index (χ3n) is 1.90. The summed E-state index contributed by atoms with van der Waals surface area (Å²) in [4.78, 5) is 3.81. The van der Waals surface area contributed by atoms with Crippen LogP contribution in [0.25, 0.3) is 0 Å². The summed E-state index contributed by atoms with van der Waals surface area (Å²) in [6.07, 6.45) is 0. The Morgan fingerprint density at radius 3 is 2.67 bits per heavy atom. The molecule has 0 saturated heterocycles. The molecule has 0 aromatic carbocycles. The van der Waals surface area contributed by atoms with Crippen LogP contribution >= 0.6 is 0 Å². The highest BCUT2D eigenvalue weighted by molar-refractivity contribution is 5.33. The fourth-order valence-corrected chi connectivity index (χ4v) is 1.09. The van der Waals surface area contributed by atoms with Crippen molar-refractivity contribution in [2.75, 3.05) is 20.8 Å². The number of ether oxygens (including phenoxy) is 2. The minimum Gasteiger partial charge on any atom is -0.493 e. The normalized spacial score (nSPS) is 12.3. The molecule has 0 fully saturated rings. The van der Waals surface area contributed by atoms with Gasteiger partial charge in [-0.1, -0.05) is 0 Å². The van der Waals surface area contributed by atoms with Gasteiger partial charge >= 0.3 is 0 Å². The summed E-state index contributed by atoms with van der Waals surface area (Å²) in [5.41, 5.74) is 5.40. The van der Waals surface area contributed by atoms with E-state index in [1.54, 1.807) is 0 Å². The van der Waals surface area contributed by atoms with Crippen molar-refractivity contribution in [3.8, 4) is 11.6 Å². The summed E-state index contributed by atoms with van der Waals surface area (Å²) in [6, 6.07) is 0.414. The number of hydrogen-bond acceptors (Lipinski definition) is 5. The van der Waals surface area contributed by atoms with Crippen molar-refractivity contribution < 1.29 is 19.0 Å². The average Bonchev–Trinajstić information content (AvgIpc) is 2.28. The molecule has 1 unspecified atom stereocenters. The van der Waals surface area contributed by atoms with Crippen molar-refractivity contribution in [1.29, 1.82) is 0 Å². The van der Waals surface area contributed by atoms with Crippen molar-refractivity contribution in [3.63, 3.8) is 0 Å². The standard InChI is InChI=1S/C9H13FN2O3/c1-14-6-3-7(15-2)12-9(8(6)10)5(11)4-13/h3,5,13H,4,11H2,1-2H3. The van der Waals surface area contributed by atoms with Crippen LogP contribution in [0.2, 0.25) is 0 Å². The Bertz CT molecular complexity index is 346. The van der Waals surface area contributed by atoms with Gasteiger partial charge in [0.2, 0.25) is 5.88 Å². The zero-order chi connectivity index (χ0) is 11.4. The molecule has 0 aliphatic rings. The van der Waals surface area contributed by atoms with Crippen LogP contribution in [0.5, 0.6) is 11.6 Å². The van der Waals surface area contributed by atoms with Crippen LogP contribution in [0, 0.1) is 5.82 Å². The summed E-state index contributed by atoms with van der Waals surface area (Å²) in [5, 5.41) is 8.83. The highest BCUT2D eigenvalue weighted by Gasteiger charge is 2.18. The second-order valence-corrected chi connectivity index (χ2v) is 2.86. The summed E-state index contributed by atoms with van der Waals surface area (Å²) in [5.74, 6) is -0.507.